The van der Waals surface area contributed by atoms with Crippen LogP contribution in [0.4, 0.5) is 4.39 Å². The van der Waals surface area contributed by atoms with E-state index in [0.29, 0.717) is 5.56 Å². The summed E-state index contributed by atoms with van der Waals surface area (Å²) in [4.78, 5) is 0.114. The molecule has 0 aliphatic rings. The van der Waals surface area contributed by atoms with Gasteiger partial charge in [0.05, 0.1) is 4.90 Å². The third kappa shape index (κ3) is 3.51. The monoisotopic (exact) mass is 259 g/mol. The summed E-state index contributed by atoms with van der Waals surface area (Å²) in [6.07, 6.45) is 1.46. The van der Waals surface area contributed by atoms with Crippen molar-refractivity contribution in [3.8, 4) is 0 Å². The summed E-state index contributed by atoms with van der Waals surface area (Å²) < 4.78 is 39.7. The van der Waals surface area contributed by atoms with Crippen molar-refractivity contribution in [1.29, 1.82) is 0 Å². The number of rotatable bonds is 5. The lowest BCUT2D eigenvalue weighted by molar-refractivity contribution is 0.530. The summed E-state index contributed by atoms with van der Waals surface area (Å²) in [5, 5.41) is 0. The van der Waals surface area contributed by atoms with Gasteiger partial charge in [-0.2, -0.15) is 0 Å². The van der Waals surface area contributed by atoms with Crippen molar-refractivity contribution in [1.82, 2.24) is 4.72 Å². The minimum Gasteiger partial charge on any atom is -0.208 e. The van der Waals surface area contributed by atoms with Crippen LogP contribution in [0.1, 0.15) is 32.3 Å². The van der Waals surface area contributed by atoms with Crippen molar-refractivity contribution in [2.75, 3.05) is 0 Å². The first-order chi connectivity index (χ1) is 7.90. The molecule has 0 saturated heterocycles. The average molecular weight is 259 g/mol. The van der Waals surface area contributed by atoms with Crippen LogP contribution in [0.15, 0.2) is 23.1 Å². The van der Waals surface area contributed by atoms with Crippen LogP contribution >= 0.6 is 0 Å². The minimum atomic E-state index is -3.54. The first-order valence-electron chi connectivity index (χ1n) is 5.69. The maximum absolute atomic E-state index is 13.1. The Labute approximate surface area is 102 Å². The molecule has 0 atom stereocenters. The summed E-state index contributed by atoms with van der Waals surface area (Å²) in [6, 6.07) is 3.73. The Hall–Kier alpha value is -0.940. The summed E-state index contributed by atoms with van der Waals surface area (Å²) in [7, 11) is -3.54. The highest BCUT2D eigenvalue weighted by Gasteiger charge is 2.18. The zero-order valence-corrected chi connectivity index (χ0v) is 11.1. The number of hydrogen-bond donors (Lipinski definition) is 1. The van der Waals surface area contributed by atoms with Crippen LogP contribution in [0, 0.1) is 12.7 Å². The maximum Gasteiger partial charge on any atom is 0.240 e. The van der Waals surface area contributed by atoms with Gasteiger partial charge in [0.25, 0.3) is 0 Å². The fraction of sp³-hybridized carbons (Fsp3) is 0.500. The normalized spacial score (nSPS) is 12.1. The van der Waals surface area contributed by atoms with E-state index in [1.165, 1.54) is 18.2 Å². The first-order valence-corrected chi connectivity index (χ1v) is 7.17. The third-order valence-corrected chi connectivity index (χ3v) is 4.27. The van der Waals surface area contributed by atoms with Gasteiger partial charge in [0.2, 0.25) is 10.0 Å². The summed E-state index contributed by atoms with van der Waals surface area (Å²) in [6.45, 7) is 5.39. The topological polar surface area (TPSA) is 46.2 Å². The molecule has 1 rings (SSSR count). The minimum absolute atomic E-state index is 0.0784. The highest BCUT2D eigenvalue weighted by molar-refractivity contribution is 7.89. The Morgan fingerprint density at radius 2 is 1.88 bits per heavy atom. The van der Waals surface area contributed by atoms with E-state index in [4.69, 9.17) is 0 Å². The van der Waals surface area contributed by atoms with Crippen molar-refractivity contribution in [2.45, 2.75) is 44.6 Å². The molecule has 0 heterocycles. The molecule has 0 fully saturated rings. The molecule has 17 heavy (non-hydrogen) atoms. The van der Waals surface area contributed by atoms with Gasteiger partial charge in [0, 0.05) is 6.04 Å². The molecule has 0 amide bonds. The lowest BCUT2D eigenvalue weighted by Crippen LogP contribution is -2.33. The van der Waals surface area contributed by atoms with Gasteiger partial charge in [-0.05, 0) is 43.5 Å². The molecule has 96 valence electrons. The maximum atomic E-state index is 13.1. The van der Waals surface area contributed by atoms with Crippen molar-refractivity contribution in [3.05, 3.63) is 29.6 Å². The average Bonchev–Trinajstić information content (AvgIpc) is 2.29. The summed E-state index contributed by atoms with van der Waals surface area (Å²) in [5.41, 5.74) is 0.331. The quantitative estimate of drug-likeness (QED) is 0.883. The van der Waals surface area contributed by atoms with E-state index in [0.717, 1.165) is 12.8 Å². The predicted octanol–water partition coefficient (Wildman–Crippen LogP) is 2.60. The molecule has 1 aromatic rings. The van der Waals surface area contributed by atoms with Crippen molar-refractivity contribution in [2.24, 2.45) is 0 Å². The van der Waals surface area contributed by atoms with Crippen molar-refractivity contribution >= 4 is 10.0 Å². The van der Waals surface area contributed by atoms with Gasteiger partial charge in [0.1, 0.15) is 5.82 Å². The standard InChI is InChI=1S/C12H18FNO2S/c1-4-10(5-2)14-17(15,16)11-6-7-12(13)9(3)8-11/h6-8,10,14H,4-5H2,1-3H3. The molecule has 0 saturated carbocycles. The van der Waals surface area contributed by atoms with E-state index >= 15 is 0 Å². The van der Waals surface area contributed by atoms with E-state index in [2.05, 4.69) is 4.72 Å². The van der Waals surface area contributed by atoms with Gasteiger partial charge in [0.15, 0.2) is 0 Å². The molecule has 0 aromatic heterocycles. The van der Waals surface area contributed by atoms with Gasteiger partial charge < -0.3 is 0 Å². The Kier molecular flexibility index (Phi) is 4.65. The molecule has 3 nitrogen and oxygen atoms in total. The fourth-order valence-electron chi connectivity index (χ4n) is 1.53. The van der Waals surface area contributed by atoms with E-state index in [1.807, 2.05) is 13.8 Å². The van der Waals surface area contributed by atoms with Crippen LogP contribution in [0.2, 0.25) is 0 Å². The van der Waals surface area contributed by atoms with Crippen molar-refractivity contribution < 1.29 is 12.8 Å². The molecule has 0 radical (unpaired) electrons. The largest absolute Gasteiger partial charge is 0.240 e. The number of benzene rings is 1. The highest BCUT2D eigenvalue weighted by atomic mass is 32.2. The SMILES string of the molecule is CCC(CC)NS(=O)(=O)c1ccc(F)c(C)c1. The smallest absolute Gasteiger partial charge is 0.208 e. The second-order valence-electron chi connectivity index (χ2n) is 4.05. The van der Waals surface area contributed by atoms with E-state index in [-0.39, 0.29) is 10.9 Å². The number of halogens is 1. The fourth-order valence-corrected chi connectivity index (χ4v) is 3.01. The number of nitrogens with one attached hydrogen (secondary N) is 1. The summed E-state index contributed by atoms with van der Waals surface area (Å²) in [5.74, 6) is -0.397. The molecular weight excluding hydrogens is 241 g/mol. The Balaban J connectivity index is 3.01. The molecule has 0 aliphatic heterocycles. The number of hydrogen-bond acceptors (Lipinski definition) is 2. The number of sulfonamides is 1. The van der Waals surface area contributed by atoms with Crippen LogP contribution in [0.3, 0.4) is 0 Å². The van der Waals surface area contributed by atoms with E-state index in [1.54, 1.807) is 6.92 Å². The van der Waals surface area contributed by atoms with Gasteiger partial charge >= 0.3 is 0 Å². The molecular formula is C12H18FNO2S. The molecule has 0 unspecified atom stereocenters. The van der Waals surface area contributed by atoms with E-state index < -0.39 is 15.8 Å². The van der Waals surface area contributed by atoms with Crippen LogP contribution in [-0.2, 0) is 10.0 Å². The molecule has 5 heteroatoms. The van der Waals surface area contributed by atoms with E-state index in [9.17, 15) is 12.8 Å². The molecule has 1 N–H and O–H groups in total. The van der Waals surface area contributed by atoms with Crippen molar-refractivity contribution in [3.63, 3.8) is 0 Å². The second kappa shape index (κ2) is 5.60. The van der Waals surface area contributed by atoms with Gasteiger partial charge in [-0.25, -0.2) is 17.5 Å². The van der Waals surface area contributed by atoms with Crippen LogP contribution in [-0.4, -0.2) is 14.5 Å². The summed E-state index contributed by atoms with van der Waals surface area (Å²) >= 11 is 0. The first kappa shape index (κ1) is 14.1. The molecule has 0 bridgehead atoms. The Bertz CT molecular complexity index is 481. The number of aryl methyl sites for hydroxylation is 1. The lowest BCUT2D eigenvalue weighted by Gasteiger charge is -2.15. The second-order valence-corrected chi connectivity index (χ2v) is 5.76. The van der Waals surface area contributed by atoms with Crippen LogP contribution < -0.4 is 4.72 Å². The lowest BCUT2D eigenvalue weighted by atomic mass is 10.2. The molecule has 0 spiro atoms. The highest BCUT2D eigenvalue weighted by Crippen LogP contribution is 2.15. The zero-order chi connectivity index (χ0) is 13.1. The Morgan fingerprint density at radius 1 is 1.29 bits per heavy atom. The third-order valence-electron chi connectivity index (χ3n) is 2.75. The zero-order valence-electron chi connectivity index (χ0n) is 10.3. The Morgan fingerprint density at radius 3 is 2.35 bits per heavy atom. The van der Waals surface area contributed by atoms with Gasteiger partial charge in [-0.3, -0.25) is 0 Å². The molecule has 1 aromatic carbocycles. The predicted molar refractivity (Wildman–Crippen MR) is 65.8 cm³/mol. The van der Waals surface area contributed by atoms with Gasteiger partial charge in [-0.1, -0.05) is 13.8 Å². The molecule has 0 aliphatic carbocycles. The van der Waals surface area contributed by atoms with Gasteiger partial charge in [-0.15, -0.1) is 0 Å². The van der Waals surface area contributed by atoms with Crippen LogP contribution in [0.5, 0.6) is 0 Å². The van der Waals surface area contributed by atoms with Crippen LogP contribution in [0.25, 0.3) is 0 Å².